The number of ether oxygens (including phenoxy) is 1. The molecule has 0 aliphatic heterocycles. The molecule has 11 nitrogen and oxygen atoms in total. The predicted molar refractivity (Wildman–Crippen MR) is 129 cm³/mol. The molecule has 1 aromatic heterocycles. The van der Waals surface area contributed by atoms with E-state index in [1.807, 2.05) is 20.8 Å². The van der Waals surface area contributed by atoms with E-state index in [1.54, 1.807) is 0 Å². The molecule has 0 spiro atoms. The summed E-state index contributed by atoms with van der Waals surface area (Å²) in [7, 11) is -2.81. The molecule has 2 rings (SSSR count). The lowest BCUT2D eigenvalue weighted by Crippen LogP contribution is -2.46. The van der Waals surface area contributed by atoms with Gasteiger partial charge in [-0.15, -0.1) is 0 Å². The van der Waals surface area contributed by atoms with Crippen LogP contribution in [0.25, 0.3) is 0 Å². The van der Waals surface area contributed by atoms with Gasteiger partial charge in [-0.2, -0.15) is 0 Å². The highest BCUT2D eigenvalue weighted by Gasteiger charge is 2.39. The summed E-state index contributed by atoms with van der Waals surface area (Å²) in [4.78, 5) is 39.4. The Hall–Kier alpha value is -3.19. The number of aromatic nitrogens is 1. The van der Waals surface area contributed by atoms with Crippen molar-refractivity contribution in [3.63, 3.8) is 0 Å². The van der Waals surface area contributed by atoms with Crippen LogP contribution >= 0.6 is 0 Å². The van der Waals surface area contributed by atoms with Crippen LogP contribution in [0.5, 0.6) is 0 Å². The van der Waals surface area contributed by atoms with E-state index in [-0.39, 0.29) is 29.0 Å². The van der Waals surface area contributed by atoms with Gasteiger partial charge in [0.05, 0.1) is 16.1 Å². The first-order valence-corrected chi connectivity index (χ1v) is 13.3. The lowest BCUT2D eigenvalue weighted by molar-refractivity contribution is -0.385. The van der Waals surface area contributed by atoms with E-state index in [9.17, 15) is 19.7 Å². The molecule has 12 heteroatoms. The average Bonchev–Trinajstić information content (AvgIpc) is 2.86. The highest BCUT2D eigenvalue weighted by Crippen LogP contribution is 2.22. The van der Waals surface area contributed by atoms with Gasteiger partial charge in [-0.05, 0) is 51.5 Å². The smallest absolute Gasteiger partial charge is 0.457 e. The fourth-order valence-corrected chi connectivity index (χ4v) is 5.93. The zero-order valence-corrected chi connectivity index (χ0v) is 21.2. The molecule has 0 radical (unpaired) electrons. The molecule has 0 aliphatic rings. The minimum Gasteiger partial charge on any atom is -0.457 e. The molecule has 1 amide bonds. The van der Waals surface area contributed by atoms with E-state index in [2.05, 4.69) is 10.3 Å². The molecule has 0 saturated heterocycles. The topological polar surface area (TPSA) is 139 Å². The molecule has 190 valence electrons. The van der Waals surface area contributed by atoms with Crippen LogP contribution in [-0.2, 0) is 24.6 Å². The van der Waals surface area contributed by atoms with Gasteiger partial charge in [0, 0.05) is 56.4 Å². The zero-order chi connectivity index (χ0) is 25.7. The molecule has 0 aliphatic carbocycles. The second kappa shape index (κ2) is 14.3. The number of nitrogens with one attached hydrogen (secondary N) is 1. The summed E-state index contributed by atoms with van der Waals surface area (Å²) in [5, 5.41) is 14.3. The number of hydrogen-bond acceptors (Lipinski definition) is 9. The summed E-state index contributed by atoms with van der Waals surface area (Å²) in [6.07, 6.45) is 3.45. The maximum Gasteiger partial charge on any atom is 0.500 e. The number of nitro groups is 1. The van der Waals surface area contributed by atoms with Gasteiger partial charge in [-0.1, -0.05) is 0 Å². The number of hydrogen-bond donors (Lipinski definition) is 1. The van der Waals surface area contributed by atoms with Gasteiger partial charge in [0.2, 0.25) is 0 Å². The minimum atomic E-state index is -2.81. The molecule has 0 atom stereocenters. The van der Waals surface area contributed by atoms with Crippen molar-refractivity contribution in [3.8, 4) is 0 Å². The predicted octanol–water partition coefficient (Wildman–Crippen LogP) is 3.52. The van der Waals surface area contributed by atoms with Crippen molar-refractivity contribution in [2.45, 2.75) is 39.8 Å². The highest BCUT2D eigenvalue weighted by atomic mass is 28.4. The van der Waals surface area contributed by atoms with Crippen molar-refractivity contribution in [1.82, 2.24) is 10.3 Å². The molecule has 1 heterocycles. The Labute approximate surface area is 205 Å². The number of carbonyl (C=O) groups excluding carboxylic acids is 2. The Bertz CT molecular complexity index is 973. The van der Waals surface area contributed by atoms with Crippen molar-refractivity contribution >= 4 is 26.4 Å². The third kappa shape index (κ3) is 8.51. The number of nitrogens with zero attached hydrogens (tertiary/aromatic N) is 2. The van der Waals surface area contributed by atoms with Crippen LogP contribution in [0.2, 0.25) is 6.04 Å². The summed E-state index contributed by atoms with van der Waals surface area (Å²) < 4.78 is 22.6. The molecule has 1 N–H and O–H groups in total. The van der Waals surface area contributed by atoms with Crippen molar-refractivity contribution in [2.24, 2.45) is 0 Å². The van der Waals surface area contributed by atoms with Gasteiger partial charge < -0.3 is 23.3 Å². The van der Waals surface area contributed by atoms with Gasteiger partial charge in [0.25, 0.3) is 11.6 Å². The van der Waals surface area contributed by atoms with Crippen LogP contribution in [-0.4, -0.2) is 57.0 Å². The summed E-state index contributed by atoms with van der Waals surface area (Å²) in [5.41, 5.74) is 0.276. The third-order valence-electron chi connectivity index (χ3n) is 4.86. The molecular weight excluding hydrogens is 474 g/mol. The molecular formula is C23H31N3O8Si. The van der Waals surface area contributed by atoms with E-state index in [1.165, 1.54) is 42.7 Å². The lowest BCUT2D eigenvalue weighted by Gasteiger charge is -2.28. The first kappa shape index (κ1) is 28.0. The molecule has 0 unspecified atom stereocenters. The van der Waals surface area contributed by atoms with Crippen LogP contribution in [0.4, 0.5) is 5.69 Å². The van der Waals surface area contributed by atoms with Crippen molar-refractivity contribution in [3.05, 3.63) is 69.5 Å². The Morgan fingerprint density at radius 1 is 1.00 bits per heavy atom. The lowest BCUT2D eigenvalue weighted by atomic mass is 10.1. The van der Waals surface area contributed by atoms with Crippen molar-refractivity contribution < 1.29 is 32.5 Å². The van der Waals surface area contributed by atoms with Gasteiger partial charge in [-0.3, -0.25) is 19.9 Å². The number of esters is 1. The SMILES string of the molecule is CCO[Si](CCCNC(=O)c1ccc(COC(=O)c2ccncc2)c([N+](=O)[O-])c1)(OCC)OCC. The molecule has 2 aromatic rings. The van der Waals surface area contributed by atoms with E-state index in [0.717, 1.165) is 0 Å². The number of carbonyl (C=O) groups is 2. The quantitative estimate of drug-likeness (QED) is 0.127. The van der Waals surface area contributed by atoms with Crippen LogP contribution in [0.1, 0.15) is 53.5 Å². The van der Waals surface area contributed by atoms with Crippen LogP contribution in [0, 0.1) is 10.1 Å². The first-order valence-electron chi connectivity index (χ1n) is 11.4. The van der Waals surface area contributed by atoms with Gasteiger partial charge in [0.15, 0.2) is 0 Å². The van der Waals surface area contributed by atoms with Crippen LogP contribution in [0.15, 0.2) is 42.7 Å². The second-order valence-corrected chi connectivity index (χ2v) is 9.99. The van der Waals surface area contributed by atoms with Gasteiger partial charge >= 0.3 is 14.8 Å². The Kier molecular flexibility index (Phi) is 11.4. The fourth-order valence-electron chi connectivity index (χ4n) is 3.32. The van der Waals surface area contributed by atoms with Gasteiger partial charge in [0.1, 0.15) is 6.61 Å². The Balaban J connectivity index is 1.98. The maximum absolute atomic E-state index is 12.6. The van der Waals surface area contributed by atoms with E-state index < -0.39 is 25.6 Å². The minimum absolute atomic E-state index is 0.129. The average molecular weight is 506 g/mol. The van der Waals surface area contributed by atoms with Crippen LogP contribution < -0.4 is 5.32 Å². The summed E-state index contributed by atoms with van der Waals surface area (Å²) in [6.45, 7) is 7.03. The molecule has 0 saturated carbocycles. The van der Waals surface area contributed by atoms with Crippen molar-refractivity contribution in [1.29, 1.82) is 0 Å². The summed E-state index contributed by atoms with van der Waals surface area (Å²) in [6, 6.07) is 7.53. The van der Waals surface area contributed by atoms with Crippen molar-refractivity contribution in [2.75, 3.05) is 26.4 Å². The summed E-state index contributed by atoms with van der Waals surface area (Å²) in [5.74, 6) is -1.08. The normalized spacial score (nSPS) is 11.2. The number of nitro benzene ring substituents is 1. The fraction of sp³-hybridized carbons (Fsp3) is 0.435. The molecule has 0 fully saturated rings. The number of benzene rings is 1. The monoisotopic (exact) mass is 505 g/mol. The number of rotatable bonds is 15. The Morgan fingerprint density at radius 3 is 2.20 bits per heavy atom. The number of amides is 1. The van der Waals surface area contributed by atoms with Gasteiger partial charge in [-0.25, -0.2) is 4.79 Å². The van der Waals surface area contributed by atoms with E-state index in [0.29, 0.717) is 38.8 Å². The highest BCUT2D eigenvalue weighted by molar-refractivity contribution is 6.60. The first-order chi connectivity index (χ1) is 16.9. The van der Waals surface area contributed by atoms with E-state index in [4.69, 9.17) is 18.0 Å². The number of pyridine rings is 1. The standard InChI is InChI=1S/C23H31N3O8Si/c1-4-32-35(33-5-2,34-6-3)15-7-12-25-22(27)19-8-9-20(21(16-19)26(29)30)17-31-23(28)18-10-13-24-14-11-18/h8-11,13-14,16H,4-7,12,15,17H2,1-3H3,(H,25,27). The largest absolute Gasteiger partial charge is 0.500 e. The third-order valence-corrected chi connectivity index (χ3v) is 8.01. The molecule has 0 bridgehead atoms. The summed E-state index contributed by atoms with van der Waals surface area (Å²) >= 11 is 0. The van der Waals surface area contributed by atoms with Crippen LogP contribution in [0.3, 0.4) is 0 Å². The maximum atomic E-state index is 12.6. The molecule has 1 aromatic carbocycles. The second-order valence-electron chi connectivity index (χ2n) is 7.25. The molecule has 35 heavy (non-hydrogen) atoms. The van der Waals surface area contributed by atoms with E-state index >= 15 is 0 Å². The zero-order valence-electron chi connectivity index (χ0n) is 20.2. The Morgan fingerprint density at radius 2 is 1.63 bits per heavy atom.